The number of rotatable bonds is 4. The molecule has 0 radical (unpaired) electrons. The van der Waals surface area contributed by atoms with Crippen LogP contribution in [0.4, 0.5) is 0 Å². The maximum Gasteiger partial charge on any atom is 0.230 e. The Hall–Kier alpha value is -1.13. The predicted octanol–water partition coefficient (Wildman–Crippen LogP) is 2.80. The van der Waals surface area contributed by atoms with E-state index in [2.05, 4.69) is 10.3 Å². The van der Waals surface area contributed by atoms with Gasteiger partial charge in [-0.15, -0.1) is 0 Å². The molecule has 0 atom stereocenters. The van der Waals surface area contributed by atoms with E-state index in [-0.39, 0.29) is 5.91 Å². The van der Waals surface area contributed by atoms with Gasteiger partial charge in [-0.1, -0.05) is 11.6 Å². The van der Waals surface area contributed by atoms with Crippen LogP contribution in [0.15, 0.2) is 24.3 Å². The van der Waals surface area contributed by atoms with E-state index in [1.165, 1.54) is 11.8 Å². The Morgan fingerprint density at radius 1 is 1.47 bits per heavy atom. The molecule has 2 N–H and O–H groups in total. The number of nitrogens with one attached hydrogen (secondary N) is 2. The first-order valence-electron chi connectivity index (χ1n) is 5.22. The first-order chi connectivity index (χ1) is 8.19. The van der Waals surface area contributed by atoms with Gasteiger partial charge in [-0.05, 0) is 30.5 Å². The molecule has 2 aromatic rings. The van der Waals surface area contributed by atoms with Gasteiger partial charge in [0.1, 0.15) is 0 Å². The van der Waals surface area contributed by atoms with Crippen molar-refractivity contribution in [1.29, 1.82) is 0 Å². The Bertz CT molecular complexity index is 538. The molecule has 17 heavy (non-hydrogen) atoms. The van der Waals surface area contributed by atoms with E-state index in [9.17, 15) is 4.79 Å². The molecule has 1 heterocycles. The first-order valence-corrected chi connectivity index (χ1v) is 6.99. The van der Waals surface area contributed by atoms with Gasteiger partial charge in [0.25, 0.3) is 0 Å². The van der Waals surface area contributed by atoms with Crippen molar-refractivity contribution in [3.63, 3.8) is 0 Å². The topological polar surface area (TPSA) is 44.9 Å². The van der Waals surface area contributed by atoms with Gasteiger partial charge in [-0.25, -0.2) is 0 Å². The summed E-state index contributed by atoms with van der Waals surface area (Å²) in [6, 6.07) is 7.68. The lowest BCUT2D eigenvalue weighted by Gasteiger charge is -2.01. The number of benzene rings is 1. The van der Waals surface area contributed by atoms with E-state index in [4.69, 9.17) is 11.6 Å². The summed E-state index contributed by atoms with van der Waals surface area (Å²) in [5.41, 5.74) is 2.01. The molecule has 90 valence electrons. The molecule has 0 saturated carbocycles. The normalized spacial score (nSPS) is 10.7. The van der Waals surface area contributed by atoms with E-state index in [0.29, 0.717) is 12.3 Å². The van der Waals surface area contributed by atoms with Gasteiger partial charge in [-0.3, -0.25) is 4.79 Å². The zero-order chi connectivity index (χ0) is 12.3. The summed E-state index contributed by atoms with van der Waals surface area (Å²) in [6.07, 6.45) is 1.91. The van der Waals surface area contributed by atoms with Crippen molar-refractivity contribution in [2.75, 3.05) is 12.0 Å². The minimum atomic E-state index is 0.0502. The summed E-state index contributed by atoms with van der Waals surface area (Å²) in [5.74, 6) is 0.542. The fourth-order valence-electron chi connectivity index (χ4n) is 1.63. The Balaban J connectivity index is 2.07. The molecule has 1 amide bonds. The number of H-pyrrole nitrogens is 1. The van der Waals surface area contributed by atoms with Crippen molar-refractivity contribution in [2.45, 2.75) is 6.54 Å². The standard InChI is InChI=1S/C12H13ClN2OS/c1-17-7-12(16)14-6-10-5-8-4-9(13)2-3-11(8)15-10/h2-5,15H,6-7H2,1H3,(H,14,16). The van der Waals surface area contributed by atoms with Crippen LogP contribution in [-0.4, -0.2) is 22.9 Å². The van der Waals surface area contributed by atoms with Crippen LogP contribution in [0.5, 0.6) is 0 Å². The summed E-state index contributed by atoms with van der Waals surface area (Å²) in [7, 11) is 0. The van der Waals surface area contributed by atoms with E-state index in [0.717, 1.165) is 21.6 Å². The van der Waals surface area contributed by atoms with Crippen LogP contribution in [0.1, 0.15) is 5.69 Å². The van der Waals surface area contributed by atoms with Crippen molar-refractivity contribution < 1.29 is 4.79 Å². The lowest BCUT2D eigenvalue weighted by molar-refractivity contribution is -0.118. The van der Waals surface area contributed by atoms with Crippen molar-refractivity contribution in [3.05, 3.63) is 35.0 Å². The average molecular weight is 269 g/mol. The minimum absolute atomic E-state index is 0.0502. The quantitative estimate of drug-likeness (QED) is 0.896. The lowest BCUT2D eigenvalue weighted by Crippen LogP contribution is -2.24. The summed E-state index contributed by atoms with van der Waals surface area (Å²) < 4.78 is 0. The SMILES string of the molecule is CSCC(=O)NCc1cc2cc(Cl)ccc2[nH]1. The van der Waals surface area contributed by atoms with Crippen molar-refractivity contribution in [3.8, 4) is 0 Å². The molecule has 3 nitrogen and oxygen atoms in total. The number of hydrogen-bond donors (Lipinski definition) is 2. The molecule has 0 spiro atoms. The van der Waals surface area contributed by atoms with Gasteiger partial charge in [0, 0.05) is 21.6 Å². The van der Waals surface area contributed by atoms with Gasteiger partial charge in [0.2, 0.25) is 5.91 Å². The summed E-state index contributed by atoms with van der Waals surface area (Å²) >= 11 is 7.42. The second kappa shape index (κ2) is 5.47. The van der Waals surface area contributed by atoms with Crippen LogP contribution in [0.2, 0.25) is 5.02 Å². The number of hydrogen-bond acceptors (Lipinski definition) is 2. The third-order valence-corrected chi connectivity index (χ3v) is 3.18. The van der Waals surface area contributed by atoms with E-state index in [1.807, 2.05) is 30.5 Å². The van der Waals surface area contributed by atoms with Gasteiger partial charge < -0.3 is 10.3 Å². The largest absolute Gasteiger partial charge is 0.357 e. The Morgan fingerprint density at radius 3 is 3.06 bits per heavy atom. The van der Waals surface area contributed by atoms with Gasteiger partial charge in [0.05, 0.1) is 12.3 Å². The van der Waals surface area contributed by atoms with Gasteiger partial charge >= 0.3 is 0 Å². The molecule has 0 saturated heterocycles. The molecule has 2 rings (SSSR count). The molecule has 1 aromatic carbocycles. The van der Waals surface area contributed by atoms with E-state index >= 15 is 0 Å². The number of fused-ring (bicyclic) bond motifs is 1. The molecule has 0 fully saturated rings. The van der Waals surface area contributed by atoms with Crippen molar-refractivity contribution in [1.82, 2.24) is 10.3 Å². The number of thioether (sulfide) groups is 1. The molecular weight excluding hydrogens is 256 g/mol. The highest BCUT2D eigenvalue weighted by molar-refractivity contribution is 7.99. The van der Waals surface area contributed by atoms with E-state index in [1.54, 1.807) is 0 Å². The fraction of sp³-hybridized carbons (Fsp3) is 0.250. The Kier molecular flexibility index (Phi) is 3.97. The van der Waals surface area contributed by atoms with Gasteiger partial charge in [-0.2, -0.15) is 11.8 Å². The number of carbonyl (C=O) groups is 1. The van der Waals surface area contributed by atoms with Crippen LogP contribution < -0.4 is 5.32 Å². The average Bonchev–Trinajstić information content (AvgIpc) is 2.68. The highest BCUT2D eigenvalue weighted by Gasteiger charge is 2.03. The summed E-state index contributed by atoms with van der Waals surface area (Å²) in [5, 5.41) is 4.63. The summed E-state index contributed by atoms with van der Waals surface area (Å²) in [4.78, 5) is 14.6. The maximum atomic E-state index is 11.3. The van der Waals surface area contributed by atoms with Crippen molar-refractivity contribution in [2.24, 2.45) is 0 Å². The monoisotopic (exact) mass is 268 g/mol. The Labute approximate surface area is 109 Å². The predicted molar refractivity (Wildman–Crippen MR) is 73.5 cm³/mol. The van der Waals surface area contributed by atoms with Crippen LogP contribution in [0, 0.1) is 0 Å². The zero-order valence-corrected chi connectivity index (χ0v) is 11.0. The molecule has 5 heteroatoms. The van der Waals surface area contributed by atoms with Crippen LogP contribution >= 0.6 is 23.4 Å². The highest BCUT2D eigenvalue weighted by atomic mass is 35.5. The lowest BCUT2D eigenvalue weighted by atomic mass is 10.2. The zero-order valence-electron chi connectivity index (χ0n) is 9.42. The molecule has 0 unspecified atom stereocenters. The molecule has 0 bridgehead atoms. The smallest absolute Gasteiger partial charge is 0.230 e. The third-order valence-electron chi connectivity index (χ3n) is 2.39. The number of aromatic nitrogens is 1. The van der Waals surface area contributed by atoms with Crippen molar-refractivity contribution >= 4 is 40.2 Å². The molecule has 0 aliphatic heterocycles. The fourth-order valence-corrected chi connectivity index (χ4v) is 2.18. The summed E-state index contributed by atoms with van der Waals surface area (Å²) in [6.45, 7) is 0.520. The van der Waals surface area contributed by atoms with Crippen LogP contribution in [0.25, 0.3) is 10.9 Å². The number of amides is 1. The number of carbonyl (C=O) groups excluding carboxylic acids is 1. The van der Waals surface area contributed by atoms with Gasteiger partial charge in [0.15, 0.2) is 0 Å². The second-order valence-corrected chi connectivity index (χ2v) is 5.04. The Morgan fingerprint density at radius 2 is 2.29 bits per heavy atom. The first kappa shape index (κ1) is 12.3. The molecular formula is C12H13ClN2OS. The molecule has 0 aliphatic carbocycles. The number of halogens is 1. The maximum absolute atomic E-state index is 11.3. The van der Waals surface area contributed by atoms with Crippen LogP contribution in [0.3, 0.4) is 0 Å². The highest BCUT2D eigenvalue weighted by Crippen LogP contribution is 2.19. The minimum Gasteiger partial charge on any atom is -0.357 e. The second-order valence-electron chi connectivity index (χ2n) is 3.74. The molecule has 0 aliphatic rings. The third kappa shape index (κ3) is 3.17. The van der Waals surface area contributed by atoms with E-state index < -0.39 is 0 Å². The number of aromatic amines is 1. The van der Waals surface area contributed by atoms with Crippen LogP contribution in [-0.2, 0) is 11.3 Å². The molecule has 1 aromatic heterocycles.